The molecule has 0 radical (unpaired) electrons. The van der Waals surface area contributed by atoms with E-state index in [1.807, 2.05) is 0 Å². The zero-order chi connectivity index (χ0) is 20.0. The molecule has 0 bridgehead atoms. The highest BCUT2D eigenvalue weighted by atomic mass is 32.1. The number of nitrogens with two attached hydrogens (primary N) is 1. The molecule has 27 heavy (non-hydrogen) atoms. The Morgan fingerprint density at radius 2 is 1.89 bits per heavy atom. The molecule has 0 aliphatic rings. The number of rotatable bonds is 7. The third-order valence-electron chi connectivity index (χ3n) is 3.32. The number of carboxylic acid groups (broad SMARTS) is 1. The molecule has 8 nitrogen and oxygen atoms in total. The molecule has 1 heterocycles. The van der Waals surface area contributed by atoms with Crippen LogP contribution in [-0.4, -0.2) is 35.3 Å². The maximum absolute atomic E-state index is 12.2. The number of aliphatic carboxylic acids is 1. The predicted octanol–water partition coefficient (Wildman–Crippen LogP) is 1.86. The summed E-state index contributed by atoms with van der Waals surface area (Å²) in [7, 11) is 0. The van der Waals surface area contributed by atoms with Gasteiger partial charge in [-0.2, -0.15) is 0 Å². The highest BCUT2D eigenvalue weighted by Gasteiger charge is 2.13. The van der Waals surface area contributed by atoms with Crippen molar-refractivity contribution >= 4 is 41.1 Å². The zero-order valence-electron chi connectivity index (χ0n) is 14.3. The van der Waals surface area contributed by atoms with Gasteiger partial charge in [0.05, 0.1) is 0 Å². The van der Waals surface area contributed by atoms with Gasteiger partial charge in [-0.05, 0) is 49.4 Å². The summed E-state index contributed by atoms with van der Waals surface area (Å²) in [6.45, 7) is 1.08. The van der Waals surface area contributed by atoms with Crippen LogP contribution in [0.2, 0.25) is 0 Å². The van der Waals surface area contributed by atoms with Crippen molar-refractivity contribution in [1.29, 1.82) is 5.41 Å². The van der Waals surface area contributed by atoms with Crippen LogP contribution in [-0.2, 0) is 9.59 Å². The Morgan fingerprint density at radius 1 is 1.22 bits per heavy atom. The van der Waals surface area contributed by atoms with E-state index < -0.39 is 24.4 Å². The van der Waals surface area contributed by atoms with E-state index in [-0.39, 0.29) is 5.84 Å². The van der Waals surface area contributed by atoms with Crippen molar-refractivity contribution < 1.29 is 24.2 Å². The molecule has 2 aromatic rings. The summed E-state index contributed by atoms with van der Waals surface area (Å²) in [5.74, 6) is -1.94. The Kier molecular flexibility index (Phi) is 6.45. The number of carbonyl (C=O) groups excluding carboxylic acids is 2. The maximum atomic E-state index is 12.2. The van der Waals surface area contributed by atoms with E-state index in [9.17, 15) is 14.4 Å². The van der Waals surface area contributed by atoms with Crippen molar-refractivity contribution in [3.8, 4) is 5.75 Å². The summed E-state index contributed by atoms with van der Waals surface area (Å²) in [5, 5.41) is 18.1. The molecule has 1 amide bonds. The minimum atomic E-state index is -1.13. The number of carboxylic acids is 1. The molecule has 0 fully saturated rings. The van der Waals surface area contributed by atoms with Crippen LogP contribution in [0, 0.1) is 5.41 Å². The van der Waals surface area contributed by atoms with Gasteiger partial charge >= 0.3 is 11.9 Å². The van der Waals surface area contributed by atoms with Gasteiger partial charge in [0.25, 0.3) is 0 Å². The molecule has 0 atom stereocenters. The van der Waals surface area contributed by atoms with Gasteiger partial charge in [0.1, 0.15) is 23.0 Å². The standard InChI is InChI=1S/C18H17N3O5S/c1-10(17(24)21-9-15(22)23)8-13-6-7-14(27-13)18(25)26-12-4-2-11(3-5-12)16(19)20/h2-8H,9H2,1H3,(H3,19,20)(H,21,24)(H,22,23). The smallest absolute Gasteiger partial charge is 0.353 e. The lowest BCUT2D eigenvalue weighted by Crippen LogP contribution is -2.29. The minimum Gasteiger partial charge on any atom is -0.480 e. The Hall–Kier alpha value is -3.46. The third kappa shape index (κ3) is 5.79. The van der Waals surface area contributed by atoms with Crippen LogP contribution in [0.4, 0.5) is 0 Å². The quantitative estimate of drug-likeness (QED) is 0.188. The molecule has 0 unspecified atom stereocenters. The zero-order valence-corrected chi connectivity index (χ0v) is 15.1. The first-order valence-electron chi connectivity index (χ1n) is 7.71. The number of hydrogen-bond acceptors (Lipinski definition) is 6. The number of benzene rings is 1. The second-order valence-electron chi connectivity index (χ2n) is 5.43. The molecule has 0 aliphatic carbocycles. The van der Waals surface area contributed by atoms with Crippen LogP contribution in [0.5, 0.6) is 5.75 Å². The monoisotopic (exact) mass is 387 g/mol. The van der Waals surface area contributed by atoms with Gasteiger partial charge in [-0.1, -0.05) is 0 Å². The van der Waals surface area contributed by atoms with E-state index >= 15 is 0 Å². The first-order valence-corrected chi connectivity index (χ1v) is 8.52. The SMILES string of the molecule is CC(=Cc1ccc(C(=O)Oc2ccc(C(=N)N)cc2)s1)C(=O)NCC(=O)O. The molecule has 0 spiro atoms. The molecule has 5 N–H and O–H groups in total. The van der Waals surface area contributed by atoms with Crippen molar-refractivity contribution in [3.63, 3.8) is 0 Å². The van der Waals surface area contributed by atoms with E-state index in [4.69, 9.17) is 21.0 Å². The van der Waals surface area contributed by atoms with Gasteiger partial charge in [-0.15, -0.1) is 11.3 Å². The van der Waals surface area contributed by atoms with E-state index in [1.54, 1.807) is 49.4 Å². The summed E-state index contributed by atoms with van der Waals surface area (Å²) in [5.41, 5.74) is 6.21. The van der Waals surface area contributed by atoms with Crippen LogP contribution in [0.15, 0.2) is 42.0 Å². The average Bonchev–Trinajstić information content (AvgIpc) is 3.08. The number of amides is 1. The van der Waals surface area contributed by atoms with Gasteiger partial charge in [-0.3, -0.25) is 15.0 Å². The van der Waals surface area contributed by atoms with Gasteiger partial charge in [-0.25, -0.2) is 4.79 Å². The van der Waals surface area contributed by atoms with Crippen LogP contribution >= 0.6 is 11.3 Å². The number of amidine groups is 1. The maximum Gasteiger partial charge on any atom is 0.353 e. The van der Waals surface area contributed by atoms with Gasteiger partial charge < -0.3 is 20.9 Å². The second kappa shape index (κ2) is 8.77. The largest absolute Gasteiger partial charge is 0.480 e. The lowest BCUT2D eigenvalue weighted by Gasteiger charge is -2.04. The molecule has 1 aromatic carbocycles. The van der Waals surface area contributed by atoms with Crippen LogP contribution in [0.25, 0.3) is 6.08 Å². The fourth-order valence-corrected chi connectivity index (χ4v) is 2.86. The molecular weight excluding hydrogens is 370 g/mol. The number of ether oxygens (including phenoxy) is 1. The molecule has 0 saturated heterocycles. The van der Waals surface area contributed by atoms with Crippen molar-refractivity contribution in [3.05, 3.63) is 57.3 Å². The number of carbonyl (C=O) groups is 3. The highest BCUT2D eigenvalue weighted by molar-refractivity contribution is 7.14. The molecular formula is C18H17N3O5S. The first-order chi connectivity index (χ1) is 12.8. The van der Waals surface area contributed by atoms with Gasteiger partial charge in [0.15, 0.2) is 0 Å². The second-order valence-corrected chi connectivity index (χ2v) is 6.55. The Labute approximate surface area is 158 Å². The van der Waals surface area contributed by atoms with Crippen LogP contribution in [0.3, 0.4) is 0 Å². The lowest BCUT2D eigenvalue weighted by molar-refractivity contribution is -0.137. The van der Waals surface area contributed by atoms with E-state index in [1.165, 1.54) is 0 Å². The van der Waals surface area contributed by atoms with Crippen molar-refractivity contribution in [1.82, 2.24) is 5.32 Å². The molecule has 140 valence electrons. The summed E-state index contributed by atoms with van der Waals surface area (Å²) in [6.07, 6.45) is 1.56. The predicted molar refractivity (Wildman–Crippen MR) is 101 cm³/mol. The van der Waals surface area contributed by atoms with Crippen molar-refractivity contribution in [2.75, 3.05) is 6.54 Å². The average molecular weight is 387 g/mol. The number of esters is 1. The Balaban J connectivity index is 2.02. The highest BCUT2D eigenvalue weighted by Crippen LogP contribution is 2.22. The fraction of sp³-hybridized carbons (Fsp3) is 0.111. The third-order valence-corrected chi connectivity index (χ3v) is 4.33. The number of nitrogen functional groups attached to an aromatic ring is 1. The number of nitrogens with one attached hydrogen (secondary N) is 2. The fourth-order valence-electron chi connectivity index (χ4n) is 1.97. The lowest BCUT2D eigenvalue weighted by atomic mass is 10.2. The van der Waals surface area contributed by atoms with E-state index in [2.05, 4.69) is 5.32 Å². The Morgan fingerprint density at radius 3 is 2.48 bits per heavy atom. The summed E-state index contributed by atoms with van der Waals surface area (Å²) < 4.78 is 5.26. The molecule has 0 saturated carbocycles. The molecule has 2 rings (SSSR count). The molecule has 1 aromatic heterocycles. The van der Waals surface area contributed by atoms with Gasteiger partial charge in [0, 0.05) is 16.0 Å². The molecule has 9 heteroatoms. The summed E-state index contributed by atoms with van der Waals surface area (Å²) in [4.78, 5) is 35.4. The summed E-state index contributed by atoms with van der Waals surface area (Å²) >= 11 is 1.14. The van der Waals surface area contributed by atoms with Crippen molar-refractivity contribution in [2.45, 2.75) is 6.92 Å². The number of hydrogen-bond donors (Lipinski definition) is 4. The van der Waals surface area contributed by atoms with Crippen LogP contribution in [0.1, 0.15) is 27.0 Å². The van der Waals surface area contributed by atoms with Crippen molar-refractivity contribution in [2.24, 2.45) is 5.73 Å². The molecule has 0 aliphatic heterocycles. The number of thiophene rings is 1. The van der Waals surface area contributed by atoms with E-state index in [0.29, 0.717) is 26.6 Å². The van der Waals surface area contributed by atoms with Gasteiger partial charge in [0.2, 0.25) is 5.91 Å². The Bertz CT molecular complexity index is 915. The first kappa shape index (κ1) is 19.9. The van der Waals surface area contributed by atoms with Crippen LogP contribution < -0.4 is 15.8 Å². The van der Waals surface area contributed by atoms with E-state index in [0.717, 1.165) is 11.3 Å². The summed E-state index contributed by atoms with van der Waals surface area (Å²) in [6, 6.07) is 9.47. The normalized spacial score (nSPS) is 10.9. The topological polar surface area (TPSA) is 143 Å². The minimum absolute atomic E-state index is 0.0784.